The first-order chi connectivity index (χ1) is 18.0. The van der Waals surface area contributed by atoms with Crippen LogP contribution in [0.15, 0.2) is 42.5 Å². The van der Waals surface area contributed by atoms with E-state index in [-0.39, 0.29) is 6.61 Å². The minimum absolute atomic E-state index is 0.119. The van der Waals surface area contributed by atoms with Gasteiger partial charge in [0.25, 0.3) is 0 Å². The van der Waals surface area contributed by atoms with Crippen molar-refractivity contribution in [2.45, 2.75) is 129 Å². The maximum absolute atomic E-state index is 11.3. The molecule has 2 N–H and O–H groups in total. The van der Waals surface area contributed by atoms with Crippen LogP contribution in [0.5, 0.6) is 5.75 Å². The van der Waals surface area contributed by atoms with Crippen LogP contribution in [0.4, 0.5) is 0 Å². The highest BCUT2D eigenvalue weighted by Crippen LogP contribution is 2.36. The topological polar surface area (TPSA) is 76.0 Å². The Morgan fingerprint density at radius 3 is 1.70 bits per heavy atom. The van der Waals surface area contributed by atoms with Gasteiger partial charge in [-0.15, -0.1) is 0 Å². The predicted molar refractivity (Wildman–Crippen MR) is 155 cm³/mol. The lowest BCUT2D eigenvalue weighted by Gasteiger charge is -2.20. The zero-order valence-corrected chi connectivity index (χ0v) is 24.0. The van der Waals surface area contributed by atoms with Crippen LogP contribution >= 0.6 is 7.82 Å². The summed E-state index contributed by atoms with van der Waals surface area (Å²) >= 11 is 0. The van der Waals surface area contributed by atoms with Crippen LogP contribution in [0.1, 0.15) is 122 Å². The molecule has 0 amide bonds. The third kappa shape index (κ3) is 15.6. The number of unbranched alkanes of at least 4 members (excludes halogenated alkanes) is 16. The van der Waals surface area contributed by atoms with E-state index < -0.39 is 13.9 Å². The Balaban J connectivity index is 1.55. The molecule has 0 spiro atoms. The van der Waals surface area contributed by atoms with Gasteiger partial charge in [-0.05, 0) is 24.3 Å². The van der Waals surface area contributed by atoms with Crippen LogP contribution < -0.4 is 4.74 Å². The van der Waals surface area contributed by atoms with Crippen LogP contribution in [0.25, 0.3) is 10.8 Å². The summed E-state index contributed by atoms with van der Waals surface area (Å²) in [6.45, 7) is 2.16. The van der Waals surface area contributed by atoms with Gasteiger partial charge in [0.1, 0.15) is 11.9 Å². The molecule has 0 saturated carbocycles. The average molecular weight is 535 g/mol. The molecule has 1 atom stereocenters. The maximum atomic E-state index is 11.3. The normalized spacial score (nSPS) is 12.7. The lowest BCUT2D eigenvalue weighted by atomic mass is 10.0. The van der Waals surface area contributed by atoms with Crippen LogP contribution in [0.3, 0.4) is 0 Å². The Morgan fingerprint density at radius 2 is 1.16 bits per heavy atom. The van der Waals surface area contributed by atoms with E-state index in [0.29, 0.717) is 6.42 Å². The first-order valence-electron chi connectivity index (χ1n) is 14.8. The van der Waals surface area contributed by atoms with E-state index in [1.807, 2.05) is 42.5 Å². The molecule has 2 rings (SSSR count). The molecule has 37 heavy (non-hydrogen) atoms. The van der Waals surface area contributed by atoms with Gasteiger partial charge in [-0.25, -0.2) is 4.57 Å². The van der Waals surface area contributed by atoms with E-state index in [9.17, 15) is 4.57 Å². The molecule has 0 aliphatic carbocycles. The fourth-order valence-electron chi connectivity index (χ4n) is 4.93. The van der Waals surface area contributed by atoms with Gasteiger partial charge >= 0.3 is 7.82 Å². The first kappa shape index (κ1) is 31.8. The highest BCUT2D eigenvalue weighted by Gasteiger charge is 2.20. The van der Waals surface area contributed by atoms with Crippen LogP contribution in [0.2, 0.25) is 0 Å². The second kappa shape index (κ2) is 19.6. The largest absolute Gasteiger partial charge is 0.487 e. The quantitative estimate of drug-likeness (QED) is 0.110. The van der Waals surface area contributed by atoms with Crippen molar-refractivity contribution < 1.29 is 23.6 Å². The number of phosphoric acid groups is 1. The van der Waals surface area contributed by atoms with Gasteiger partial charge in [-0.1, -0.05) is 146 Å². The van der Waals surface area contributed by atoms with Crippen molar-refractivity contribution in [3.8, 4) is 5.75 Å². The molecule has 0 bridgehead atoms. The van der Waals surface area contributed by atoms with Crippen molar-refractivity contribution in [3.63, 3.8) is 0 Å². The van der Waals surface area contributed by atoms with E-state index in [1.54, 1.807) is 0 Å². The van der Waals surface area contributed by atoms with Gasteiger partial charge in [-0.3, -0.25) is 4.52 Å². The number of benzene rings is 2. The lowest BCUT2D eigenvalue weighted by Crippen LogP contribution is -2.22. The number of rotatable bonds is 23. The van der Waals surface area contributed by atoms with Crippen LogP contribution in [0, 0.1) is 0 Å². The summed E-state index contributed by atoms with van der Waals surface area (Å²) in [5.74, 6) is 0.726. The Labute approximate surface area is 225 Å². The number of ether oxygens (including phenoxy) is 1. The lowest BCUT2D eigenvalue weighted by molar-refractivity contribution is 0.0952. The molecular weight excluding hydrogens is 483 g/mol. The summed E-state index contributed by atoms with van der Waals surface area (Å²) in [4.78, 5) is 18.3. The highest BCUT2D eigenvalue weighted by atomic mass is 31.2. The molecule has 0 aliphatic heterocycles. The minimum atomic E-state index is -4.53. The van der Waals surface area contributed by atoms with Crippen LogP contribution in [-0.4, -0.2) is 22.5 Å². The Kier molecular flexibility index (Phi) is 16.9. The van der Waals surface area contributed by atoms with Gasteiger partial charge in [0.05, 0.1) is 6.61 Å². The molecule has 0 aliphatic rings. The molecule has 0 radical (unpaired) electrons. The number of fused-ring (bicyclic) bond motifs is 1. The maximum Gasteiger partial charge on any atom is 0.469 e. The number of phosphoric ester groups is 1. The molecular formula is C31H51O5P. The van der Waals surface area contributed by atoms with E-state index in [2.05, 4.69) is 6.92 Å². The van der Waals surface area contributed by atoms with Gasteiger partial charge in [0, 0.05) is 5.39 Å². The van der Waals surface area contributed by atoms with E-state index >= 15 is 0 Å². The van der Waals surface area contributed by atoms with Crippen molar-refractivity contribution in [1.29, 1.82) is 0 Å². The third-order valence-electron chi connectivity index (χ3n) is 7.10. The summed E-state index contributed by atoms with van der Waals surface area (Å²) in [6, 6.07) is 13.8. The van der Waals surface area contributed by atoms with Gasteiger partial charge in [0.2, 0.25) is 0 Å². The molecule has 1 unspecified atom stereocenters. The molecule has 0 aromatic heterocycles. The third-order valence-corrected chi connectivity index (χ3v) is 7.59. The van der Waals surface area contributed by atoms with Crippen LogP contribution in [-0.2, 0) is 9.09 Å². The standard InChI is InChI=1S/C31H51O5P/c1-2-3-4-5-6-7-8-9-10-11-12-13-14-15-16-17-18-24-29(27-35-37(32,33)34)36-31-26-21-23-28-22-19-20-25-30(28)31/h19-23,25-26,29H,2-18,24,27H2,1H3,(H2,32,33,34). The molecule has 0 fully saturated rings. The molecule has 2 aromatic rings. The summed E-state index contributed by atoms with van der Waals surface area (Å²) in [6.07, 6.45) is 22.8. The summed E-state index contributed by atoms with van der Waals surface area (Å²) < 4.78 is 22.2. The second-order valence-electron chi connectivity index (χ2n) is 10.4. The molecule has 5 nitrogen and oxygen atoms in total. The Morgan fingerprint density at radius 1 is 0.676 bits per heavy atom. The summed E-state index contributed by atoms with van der Waals surface area (Å²) in [5.41, 5.74) is 0. The summed E-state index contributed by atoms with van der Waals surface area (Å²) in [5, 5.41) is 2.07. The fraction of sp³-hybridized carbons (Fsp3) is 0.677. The first-order valence-corrected chi connectivity index (χ1v) is 16.4. The highest BCUT2D eigenvalue weighted by molar-refractivity contribution is 7.46. The van der Waals surface area contributed by atoms with E-state index in [1.165, 1.54) is 96.3 Å². The van der Waals surface area contributed by atoms with Gasteiger partial charge in [0.15, 0.2) is 0 Å². The number of hydrogen-bond donors (Lipinski definition) is 2. The van der Waals surface area contributed by atoms with E-state index in [0.717, 1.165) is 29.4 Å². The molecule has 0 saturated heterocycles. The smallest absolute Gasteiger partial charge is 0.469 e. The Bertz CT molecular complexity index is 876. The fourth-order valence-corrected chi connectivity index (χ4v) is 5.29. The van der Waals surface area contributed by atoms with Gasteiger partial charge < -0.3 is 14.5 Å². The van der Waals surface area contributed by atoms with Crippen molar-refractivity contribution >= 4 is 18.6 Å². The van der Waals surface area contributed by atoms with Gasteiger partial charge in [-0.2, -0.15) is 0 Å². The SMILES string of the molecule is CCCCCCCCCCCCCCCCCCCC(COP(=O)(O)O)Oc1cccc2ccccc12. The van der Waals surface area contributed by atoms with Crippen molar-refractivity contribution in [2.75, 3.05) is 6.61 Å². The predicted octanol–water partition coefficient (Wildman–Crippen LogP) is 9.74. The van der Waals surface area contributed by atoms with Crippen molar-refractivity contribution in [1.82, 2.24) is 0 Å². The molecule has 0 heterocycles. The zero-order valence-electron chi connectivity index (χ0n) is 23.1. The number of hydrogen-bond acceptors (Lipinski definition) is 3. The minimum Gasteiger partial charge on any atom is -0.487 e. The van der Waals surface area contributed by atoms with Crippen molar-refractivity contribution in [3.05, 3.63) is 42.5 Å². The van der Waals surface area contributed by atoms with E-state index in [4.69, 9.17) is 19.0 Å². The second-order valence-corrected chi connectivity index (χ2v) is 11.7. The summed E-state index contributed by atoms with van der Waals surface area (Å²) in [7, 11) is -4.53. The zero-order chi connectivity index (χ0) is 26.6. The van der Waals surface area contributed by atoms with Crippen molar-refractivity contribution in [2.24, 2.45) is 0 Å². The monoisotopic (exact) mass is 534 g/mol. The Hall–Kier alpha value is -1.39. The molecule has 6 heteroatoms. The average Bonchev–Trinajstić information content (AvgIpc) is 2.88. The molecule has 210 valence electrons. The molecule has 2 aromatic carbocycles.